The zero-order valence-corrected chi connectivity index (χ0v) is 18.8. The number of hydrogen-bond donors (Lipinski definition) is 1. The minimum atomic E-state index is -1.29. The van der Waals surface area contributed by atoms with Gasteiger partial charge < -0.3 is 10.1 Å². The van der Waals surface area contributed by atoms with Crippen LogP contribution in [-0.2, 0) is 4.74 Å². The van der Waals surface area contributed by atoms with Crippen LogP contribution in [0.4, 0.5) is 25.3 Å². The van der Waals surface area contributed by atoms with Crippen LogP contribution in [0.3, 0.4) is 0 Å². The molecule has 3 atom stereocenters. The molecule has 1 aromatic carbocycles. The van der Waals surface area contributed by atoms with E-state index in [4.69, 9.17) is 16.3 Å². The van der Waals surface area contributed by atoms with Crippen LogP contribution < -0.4 is 10.2 Å². The lowest BCUT2D eigenvalue weighted by Crippen LogP contribution is -2.39. The molecule has 1 fully saturated rings. The Morgan fingerprint density at radius 3 is 2.73 bits per heavy atom. The van der Waals surface area contributed by atoms with Gasteiger partial charge in [-0.1, -0.05) is 17.7 Å². The summed E-state index contributed by atoms with van der Waals surface area (Å²) < 4.78 is 32.7. The summed E-state index contributed by atoms with van der Waals surface area (Å²) >= 11 is 5.76. The van der Waals surface area contributed by atoms with Crippen LogP contribution in [0.2, 0.25) is 5.02 Å². The number of benzene rings is 1. The molecule has 172 valence electrons. The van der Waals surface area contributed by atoms with Gasteiger partial charge in [-0.05, 0) is 44.5 Å². The van der Waals surface area contributed by atoms with Gasteiger partial charge in [0.1, 0.15) is 30.5 Å². The standard InChI is InChI=1S/C22H21ClF2N6O2/c1-11(24)18-10-33-22(32)31(18)19-6-7-26-21(30-19)29-13(3)20-27-9-15(12(2)28-20)14-4-5-16(23)17(25)8-14/h4-9,11,13,18H,10H2,1-3H3,(H,26,29,30)/t11-,13-,18+/m0/s1. The average Bonchev–Trinajstić information content (AvgIpc) is 3.17. The third kappa shape index (κ3) is 4.70. The average molecular weight is 475 g/mol. The molecule has 3 aromatic rings. The van der Waals surface area contributed by atoms with E-state index in [1.165, 1.54) is 36.2 Å². The molecule has 1 amide bonds. The van der Waals surface area contributed by atoms with Crippen molar-refractivity contribution in [2.24, 2.45) is 0 Å². The third-order valence-electron chi connectivity index (χ3n) is 5.29. The lowest BCUT2D eigenvalue weighted by molar-refractivity contribution is 0.174. The molecule has 0 aliphatic carbocycles. The molecule has 0 radical (unpaired) electrons. The van der Waals surface area contributed by atoms with Gasteiger partial charge in [-0.3, -0.25) is 4.90 Å². The second kappa shape index (κ2) is 9.22. The molecule has 0 unspecified atom stereocenters. The number of ether oxygens (including phenoxy) is 1. The Morgan fingerprint density at radius 2 is 2.03 bits per heavy atom. The van der Waals surface area contributed by atoms with Crippen molar-refractivity contribution in [2.75, 3.05) is 16.8 Å². The van der Waals surface area contributed by atoms with Crippen LogP contribution in [0, 0.1) is 12.7 Å². The maximum atomic E-state index is 13.9. The van der Waals surface area contributed by atoms with E-state index in [0.29, 0.717) is 22.6 Å². The number of nitrogens with zero attached hydrogens (tertiary/aromatic N) is 5. The molecule has 11 heteroatoms. The largest absolute Gasteiger partial charge is 0.447 e. The van der Waals surface area contributed by atoms with Gasteiger partial charge in [0.2, 0.25) is 5.95 Å². The van der Waals surface area contributed by atoms with Gasteiger partial charge in [0.05, 0.1) is 11.1 Å². The highest BCUT2D eigenvalue weighted by Crippen LogP contribution is 2.28. The fourth-order valence-electron chi connectivity index (χ4n) is 3.49. The van der Waals surface area contributed by atoms with Gasteiger partial charge in [-0.25, -0.2) is 28.5 Å². The number of anilines is 2. The minimum absolute atomic E-state index is 0.0449. The highest BCUT2D eigenvalue weighted by atomic mass is 35.5. The monoisotopic (exact) mass is 474 g/mol. The molecule has 1 saturated heterocycles. The summed E-state index contributed by atoms with van der Waals surface area (Å²) in [7, 11) is 0. The fourth-order valence-corrected chi connectivity index (χ4v) is 3.61. The molecule has 4 rings (SSSR count). The van der Waals surface area contributed by atoms with Crippen molar-refractivity contribution < 1.29 is 18.3 Å². The molecule has 1 aliphatic heterocycles. The van der Waals surface area contributed by atoms with Crippen molar-refractivity contribution in [3.05, 3.63) is 59.0 Å². The number of carbonyl (C=O) groups is 1. The topological polar surface area (TPSA) is 93.1 Å². The smallest absolute Gasteiger partial charge is 0.416 e. The number of halogens is 3. The molecule has 0 saturated carbocycles. The van der Waals surface area contributed by atoms with E-state index in [1.807, 2.05) is 6.92 Å². The van der Waals surface area contributed by atoms with E-state index in [1.54, 1.807) is 19.2 Å². The van der Waals surface area contributed by atoms with Crippen molar-refractivity contribution in [3.8, 4) is 11.1 Å². The van der Waals surface area contributed by atoms with Crippen LogP contribution in [0.5, 0.6) is 0 Å². The molecular weight excluding hydrogens is 454 g/mol. The predicted molar refractivity (Wildman–Crippen MR) is 119 cm³/mol. The summed E-state index contributed by atoms with van der Waals surface area (Å²) in [6.45, 7) is 4.94. The van der Waals surface area contributed by atoms with Crippen LogP contribution >= 0.6 is 11.6 Å². The minimum Gasteiger partial charge on any atom is -0.447 e. The summed E-state index contributed by atoms with van der Waals surface area (Å²) in [4.78, 5) is 30.7. The van der Waals surface area contributed by atoms with E-state index in [9.17, 15) is 13.6 Å². The Kier molecular flexibility index (Phi) is 6.37. The van der Waals surface area contributed by atoms with E-state index >= 15 is 0 Å². The maximum absolute atomic E-state index is 13.9. The van der Waals surface area contributed by atoms with Gasteiger partial charge in [-0.2, -0.15) is 4.98 Å². The zero-order valence-electron chi connectivity index (χ0n) is 18.1. The number of hydrogen-bond acceptors (Lipinski definition) is 7. The first-order valence-electron chi connectivity index (χ1n) is 10.2. The zero-order chi connectivity index (χ0) is 23.7. The molecule has 0 spiro atoms. The molecule has 2 aromatic heterocycles. The van der Waals surface area contributed by atoms with Crippen LogP contribution in [0.15, 0.2) is 36.7 Å². The first kappa shape index (κ1) is 22.8. The van der Waals surface area contributed by atoms with Crippen molar-refractivity contribution in [3.63, 3.8) is 0 Å². The van der Waals surface area contributed by atoms with Crippen molar-refractivity contribution >= 4 is 29.5 Å². The number of cyclic esters (lactones) is 1. The Balaban J connectivity index is 1.53. The highest BCUT2D eigenvalue weighted by molar-refractivity contribution is 6.30. The summed E-state index contributed by atoms with van der Waals surface area (Å²) in [5.74, 6) is 0.399. The van der Waals surface area contributed by atoms with Crippen LogP contribution in [0.25, 0.3) is 11.1 Å². The van der Waals surface area contributed by atoms with Gasteiger partial charge in [0.25, 0.3) is 0 Å². The van der Waals surface area contributed by atoms with Crippen molar-refractivity contribution in [1.82, 2.24) is 19.9 Å². The van der Waals surface area contributed by atoms with E-state index in [0.717, 1.165) is 0 Å². The first-order valence-corrected chi connectivity index (χ1v) is 10.6. The maximum Gasteiger partial charge on any atom is 0.416 e. The molecule has 3 heterocycles. The number of amides is 1. The number of carbonyl (C=O) groups excluding carboxylic acids is 1. The molecule has 1 N–H and O–H groups in total. The van der Waals surface area contributed by atoms with Crippen molar-refractivity contribution in [1.29, 1.82) is 0 Å². The third-order valence-corrected chi connectivity index (χ3v) is 5.59. The second-order valence-corrected chi connectivity index (χ2v) is 8.06. The normalized spacial score (nSPS) is 17.6. The quantitative estimate of drug-likeness (QED) is 0.543. The number of alkyl halides is 1. The van der Waals surface area contributed by atoms with Crippen LogP contribution in [0.1, 0.15) is 31.4 Å². The fraction of sp³-hybridized carbons (Fsp3) is 0.318. The van der Waals surface area contributed by atoms with Crippen LogP contribution in [-0.4, -0.2) is 44.8 Å². The van der Waals surface area contributed by atoms with E-state index in [-0.39, 0.29) is 23.4 Å². The Labute approximate surface area is 194 Å². The SMILES string of the molecule is Cc1nc([C@H](C)Nc2nccc(N3C(=O)OC[C@@H]3[C@H](C)F)n2)ncc1-c1ccc(Cl)c(F)c1. The summed E-state index contributed by atoms with van der Waals surface area (Å²) in [5, 5.41) is 3.13. The Morgan fingerprint density at radius 1 is 1.24 bits per heavy atom. The lowest BCUT2D eigenvalue weighted by Gasteiger charge is -2.22. The van der Waals surface area contributed by atoms with Gasteiger partial charge in [-0.15, -0.1) is 0 Å². The number of aromatic nitrogens is 4. The molecule has 0 bridgehead atoms. The number of nitrogens with one attached hydrogen (secondary N) is 1. The second-order valence-electron chi connectivity index (χ2n) is 7.65. The van der Waals surface area contributed by atoms with E-state index in [2.05, 4.69) is 25.3 Å². The number of aryl methyl sites for hydroxylation is 1. The summed E-state index contributed by atoms with van der Waals surface area (Å²) in [6.07, 6.45) is 1.14. The van der Waals surface area contributed by atoms with E-state index < -0.39 is 30.2 Å². The van der Waals surface area contributed by atoms with Gasteiger partial charge in [0.15, 0.2) is 5.82 Å². The first-order chi connectivity index (χ1) is 15.7. The lowest BCUT2D eigenvalue weighted by atomic mass is 10.1. The Hall–Kier alpha value is -3.40. The van der Waals surface area contributed by atoms with Gasteiger partial charge >= 0.3 is 6.09 Å². The highest BCUT2D eigenvalue weighted by Gasteiger charge is 2.39. The molecule has 33 heavy (non-hydrogen) atoms. The molecule has 1 aliphatic rings. The summed E-state index contributed by atoms with van der Waals surface area (Å²) in [5.41, 5.74) is 1.95. The predicted octanol–water partition coefficient (Wildman–Crippen LogP) is 4.89. The summed E-state index contributed by atoms with van der Waals surface area (Å²) in [6, 6.07) is 4.89. The number of rotatable bonds is 6. The molecular formula is C22H21ClF2N6O2. The Bertz CT molecular complexity index is 1200. The van der Waals surface area contributed by atoms with Gasteiger partial charge in [0, 0.05) is 23.7 Å². The van der Waals surface area contributed by atoms with Crippen molar-refractivity contribution in [2.45, 2.75) is 39.0 Å². The molecule has 8 nitrogen and oxygen atoms in total.